The molecule has 1 unspecified atom stereocenters. The summed E-state index contributed by atoms with van der Waals surface area (Å²) in [4.78, 5) is 21.5. The topological polar surface area (TPSA) is 117 Å². The van der Waals surface area contributed by atoms with Gasteiger partial charge in [0.1, 0.15) is 5.75 Å². The smallest absolute Gasteiger partial charge is 0.277 e. The Morgan fingerprint density at radius 3 is 2.74 bits per heavy atom. The summed E-state index contributed by atoms with van der Waals surface area (Å²) in [7, 11) is 1.42. The first-order chi connectivity index (χ1) is 8.99. The summed E-state index contributed by atoms with van der Waals surface area (Å²) in [6.45, 7) is 1.66. The van der Waals surface area contributed by atoms with Gasteiger partial charge in [-0.25, -0.2) is 5.84 Å². The molecular weight excluding hydrogens is 254 g/mol. The van der Waals surface area contributed by atoms with Crippen LogP contribution >= 0.6 is 0 Å². The van der Waals surface area contributed by atoms with Gasteiger partial charge in [0.25, 0.3) is 11.6 Å². The highest BCUT2D eigenvalue weighted by molar-refractivity contribution is 5.80. The Morgan fingerprint density at radius 2 is 2.26 bits per heavy atom. The van der Waals surface area contributed by atoms with E-state index in [1.807, 2.05) is 5.43 Å². The van der Waals surface area contributed by atoms with Crippen molar-refractivity contribution in [2.24, 2.45) is 5.84 Å². The molecule has 1 amide bonds. The van der Waals surface area contributed by atoms with Gasteiger partial charge >= 0.3 is 0 Å². The van der Waals surface area contributed by atoms with E-state index in [9.17, 15) is 14.9 Å². The second-order valence-corrected chi connectivity index (χ2v) is 3.78. The quantitative estimate of drug-likeness (QED) is 0.332. The molecule has 1 aromatic carbocycles. The lowest BCUT2D eigenvalue weighted by atomic mass is 10.2. The fraction of sp³-hybridized carbons (Fsp3) is 0.364. The van der Waals surface area contributed by atoms with Gasteiger partial charge in [-0.2, -0.15) is 0 Å². The number of amides is 1. The van der Waals surface area contributed by atoms with Crippen molar-refractivity contribution in [3.63, 3.8) is 0 Å². The van der Waals surface area contributed by atoms with Gasteiger partial charge in [-0.3, -0.25) is 20.3 Å². The van der Waals surface area contributed by atoms with Gasteiger partial charge in [-0.15, -0.1) is 0 Å². The standard InChI is InChI=1S/C11H15N3O5/c1-7-5-8(14(16)17)3-4-9(7)19-10(6-18-2)11(15)13-12/h3-5,10H,6,12H2,1-2H3,(H,13,15). The molecule has 0 fully saturated rings. The van der Waals surface area contributed by atoms with Crippen LogP contribution in [0.1, 0.15) is 5.56 Å². The minimum Gasteiger partial charge on any atom is -0.478 e. The number of methoxy groups -OCH3 is 1. The van der Waals surface area contributed by atoms with E-state index in [-0.39, 0.29) is 12.3 Å². The predicted octanol–water partition coefficient (Wildman–Crippen LogP) is 0.287. The minimum atomic E-state index is -0.921. The summed E-state index contributed by atoms with van der Waals surface area (Å²) in [6, 6.07) is 4.09. The van der Waals surface area contributed by atoms with E-state index >= 15 is 0 Å². The van der Waals surface area contributed by atoms with E-state index in [4.69, 9.17) is 15.3 Å². The fourth-order valence-corrected chi connectivity index (χ4v) is 1.44. The molecule has 0 aromatic heterocycles. The second-order valence-electron chi connectivity index (χ2n) is 3.78. The molecule has 0 saturated heterocycles. The number of nitro groups is 1. The van der Waals surface area contributed by atoms with Crippen LogP contribution in [0.4, 0.5) is 5.69 Å². The van der Waals surface area contributed by atoms with Crippen molar-refractivity contribution >= 4 is 11.6 Å². The number of nitro benzene ring substituents is 1. The van der Waals surface area contributed by atoms with Crippen molar-refractivity contribution in [3.05, 3.63) is 33.9 Å². The molecule has 104 valence electrons. The van der Waals surface area contributed by atoms with Gasteiger partial charge in [-0.1, -0.05) is 0 Å². The zero-order valence-corrected chi connectivity index (χ0v) is 10.6. The number of nitrogens with two attached hydrogens (primary N) is 1. The lowest BCUT2D eigenvalue weighted by molar-refractivity contribution is -0.384. The minimum absolute atomic E-state index is 0.0134. The van der Waals surface area contributed by atoms with Gasteiger partial charge in [0, 0.05) is 19.2 Å². The Balaban J connectivity index is 2.90. The molecule has 1 rings (SSSR count). The summed E-state index contributed by atoms with van der Waals surface area (Å²) in [6.07, 6.45) is -0.921. The molecule has 19 heavy (non-hydrogen) atoms. The molecule has 0 saturated carbocycles. The van der Waals surface area contributed by atoms with E-state index in [0.717, 1.165) is 0 Å². The first-order valence-corrected chi connectivity index (χ1v) is 5.40. The molecule has 0 heterocycles. The number of hydrogen-bond donors (Lipinski definition) is 2. The number of benzene rings is 1. The van der Waals surface area contributed by atoms with Gasteiger partial charge in [0.05, 0.1) is 11.5 Å². The Labute approximate surface area is 109 Å². The number of rotatable bonds is 6. The van der Waals surface area contributed by atoms with Gasteiger partial charge < -0.3 is 9.47 Å². The number of hydrogen-bond acceptors (Lipinski definition) is 6. The zero-order valence-electron chi connectivity index (χ0n) is 10.6. The van der Waals surface area contributed by atoms with Crippen molar-refractivity contribution in [2.75, 3.05) is 13.7 Å². The van der Waals surface area contributed by atoms with Crippen LogP contribution in [0.25, 0.3) is 0 Å². The van der Waals surface area contributed by atoms with Crippen molar-refractivity contribution < 1.29 is 19.2 Å². The largest absolute Gasteiger partial charge is 0.478 e. The van der Waals surface area contributed by atoms with Crippen LogP contribution in [0.3, 0.4) is 0 Å². The van der Waals surface area contributed by atoms with Crippen LogP contribution in [0, 0.1) is 17.0 Å². The van der Waals surface area contributed by atoms with Crippen LogP contribution < -0.4 is 16.0 Å². The maximum atomic E-state index is 11.4. The van der Waals surface area contributed by atoms with Crippen LogP contribution in [-0.2, 0) is 9.53 Å². The Morgan fingerprint density at radius 1 is 1.58 bits per heavy atom. The summed E-state index contributed by atoms with van der Waals surface area (Å²) >= 11 is 0. The molecule has 0 aliphatic carbocycles. The van der Waals surface area contributed by atoms with Crippen molar-refractivity contribution in [2.45, 2.75) is 13.0 Å². The lowest BCUT2D eigenvalue weighted by Gasteiger charge is -2.17. The molecule has 0 aliphatic rings. The summed E-state index contributed by atoms with van der Waals surface area (Å²) < 4.78 is 10.3. The third-order valence-electron chi connectivity index (χ3n) is 2.39. The second kappa shape index (κ2) is 6.66. The van der Waals surface area contributed by atoms with E-state index < -0.39 is 16.9 Å². The lowest BCUT2D eigenvalue weighted by Crippen LogP contribution is -2.44. The first kappa shape index (κ1) is 14.9. The Hall–Kier alpha value is -2.19. The highest BCUT2D eigenvalue weighted by atomic mass is 16.6. The van der Waals surface area contributed by atoms with Gasteiger partial charge in [0.2, 0.25) is 6.10 Å². The molecule has 0 aliphatic heterocycles. The molecule has 3 N–H and O–H groups in total. The number of ether oxygens (including phenoxy) is 2. The highest BCUT2D eigenvalue weighted by Crippen LogP contribution is 2.24. The monoisotopic (exact) mass is 269 g/mol. The summed E-state index contributed by atoms with van der Waals surface area (Å²) in [5.74, 6) is 4.85. The number of carbonyl (C=O) groups is 1. The Bertz CT molecular complexity index is 477. The summed E-state index contributed by atoms with van der Waals surface area (Å²) in [5, 5.41) is 10.6. The van der Waals surface area contributed by atoms with Crippen molar-refractivity contribution in [1.29, 1.82) is 0 Å². The molecule has 8 heteroatoms. The normalized spacial score (nSPS) is 11.7. The summed E-state index contributed by atoms with van der Waals surface area (Å²) in [5.41, 5.74) is 2.46. The van der Waals surface area contributed by atoms with Crippen LogP contribution in [-0.4, -0.2) is 30.7 Å². The first-order valence-electron chi connectivity index (χ1n) is 5.40. The number of carbonyl (C=O) groups excluding carboxylic acids is 1. The molecule has 0 radical (unpaired) electrons. The van der Waals surface area contributed by atoms with Gasteiger partial charge in [0.15, 0.2) is 0 Å². The number of hydrazine groups is 1. The Kier molecular flexibility index (Phi) is 5.22. The van der Waals surface area contributed by atoms with Crippen molar-refractivity contribution in [1.82, 2.24) is 5.43 Å². The molecule has 0 bridgehead atoms. The molecule has 8 nitrogen and oxygen atoms in total. The van der Waals surface area contributed by atoms with Crippen molar-refractivity contribution in [3.8, 4) is 5.75 Å². The maximum Gasteiger partial charge on any atom is 0.277 e. The van der Waals surface area contributed by atoms with E-state index in [1.165, 1.54) is 25.3 Å². The fourth-order valence-electron chi connectivity index (χ4n) is 1.44. The molecule has 0 spiro atoms. The van der Waals surface area contributed by atoms with E-state index in [2.05, 4.69) is 0 Å². The molecule has 1 aromatic rings. The number of non-ortho nitro benzene ring substituents is 1. The van der Waals surface area contributed by atoms with Crippen LogP contribution in [0.15, 0.2) is 18.2 Å². The van der Waals surface area contributed by atoms with E-state index in [0.29, 0.717) is 11.3 Å². The number of aryl methyl sites for hydroxylation is 1. The molecule has 1 atom stereocenters. The zero-order chi connectivity index (χ0) is 14.4. The average Bonchev–Trinajstić information content (AvgIpc) is 2.39. The van der Waals surface area contributed by atoms with Gasteiger partial charge in [-0.05, 0) is 18.6 Å². The third kappa shape index (κ3) is 3.90. The molecular formula is C11H15N3O5. The SMILES string of the molecule is COCC(Oc1ccc([N+](=O)[O-])cc1C)C(=O)NN. The average molecular weight is 269 g/mol. The van der Waals surface area contributed by atoms with Crippen LogP contribution in [0.2, 0.25) is 0 Å². The number of nitrogens with zero attached hydrogens (tertiary/aromatic N) is 1. The van der Waals surface area contributed by atoms with Crippen LogP contribution in [0.5, 0.6) is 5.75 Å². The highest BCUT2D eigenvalue weighted by Gasteiger charge is 2.20. The third-order valence-corrected chi connectivity index (χ3v) is 2.39. The number of nitrogens with one attached hydrogen (secondary N) is 1. The van der Waals surface area contributed by atoms with E-state index in [1.54, 1.807) is 6.92 Å². The predicted molar refractivity (Wildman–Crippen MR) is 66.5 cm³/mol. The maximum absolute atomic E-state index is 11.4.